The summed E-state index contributed by atoms with van der Waals surface area (Å²) < 4.78 is 5.44. The summed E-state index contributed by atoms with van der Waals surface area (Å²) in [6, 6.07) is 6.79. The molecule has 5 nitrogen and oxygen atoms in total. The van der Waals surface area contributed by atoms with Crippen molar-refractivity contribution in [3.63, 3.8) is 0 Å². The highest BCUT2D eigenvalue weighted by atomic mass is 16.5. The van der Waals surface area contributed by atoms with Crippen molar-refractivity contribution in [1.82, 2.24) is 5.32 Å². The minimum Gasteiger partial charge on any atom is -0.494 e. The van der Waals surface area contributed by atoms with Crippen LogP contribution in [0.3, 0.4) is 0 Å². The van der Waals surface area contributed by atoms with Gasteiger partial charge in [-0.25, -0.2) is 0 Å². The maximum atomic E-state index is 12.1. The molecule has 3 N–H and O–H groups in total. The van der Waals surface area contributed by atoms with Crippen LogP contribution in [0, 0.1) is 0 Å². The Kier molecular flexibility index (Phi) is 6.48. The van der Waals surface area contributed by atoms with Crippen molar-refractivity contribution in [2.24, 2.45) is 0 Å². The molecule has 1 aromatic carbocycles. The van der Waals surface area contributed by atoms with E-state index in [4.69, 9.17) is 4.74 Å². The van der Waals surface area contributed by atoms with Crippen molar-refractivity contribution in [1.29, 1.82) is 0 Å². The molecule has 0 aliphatic heterocycles. The summed E-state index contributed by atoms with van der Waals surface area (Å²) in [6.07, 6.45) is 1.37. The number of hydrogen-bond donors (Lipinski definition) is 3. The smallest absolute Gasteiger partial charge is 0.251 e. The maximum Gasteiger partial charge on any atom is 0.251 e. The Labute approximate surface area is 119 Å². The minimum absolute atomic E-state index is 0.302. The van der Waals surface area contributed by atoms with Crippen LogP contribution in [0.15, 0.2) is 24.3 Å². The summed E-state index contributed by atoms with van der Waals surface area (Å²) in [4.78, 5) is 12.1. The molecule has 1 aromatic rings. The van der Waals surface area contributed by atoms with Gasteiger partial charge in [0.2, 0.25) is 0 Å². The van der Waals surface area contributed by atoms with Gasteiger partial charge in [0.15, 0.2) is 0 Å². The highest BCUT2D eigenvalue weighted by molar-refractivity contribution is 5.94. The predicted molar refractivity (Wildman–Crippen MR) is 76.9 cm³/mol. The molecule has 1 amide bonds. The molecule has 0 spiro atoms. The molecule has 1 rings (SSSR count). The van der Waals surface area contributed by atoms with Crippen LogP contribution in [0.5, 0.6) is 5.75 Å². The summed E-state index contributed by atoms with van der Waals surface area (Å²) in [5.41, 5.74) is -0.511. The molecular formula is C15H23NO4. The van der Waals surface area contributed by atoms with Crippen LogP contribution >= 0.6 is 0 Å². The normalized spacial score (nSPS) is 11.2. The summed E-state index contributed by atoms with van der Waals surface area (Å²) in [7, 11) is 0. The molecule has 20 heavy (non-hydrogen) atoms. The van der Waals surface area contributed by atoms with Gasteiger partial charge < -0.3 is 20.3 Å². The van der Waals surface area contributed by atoms with Gasteiger partial charge in [-0.2, -0.15) is 0 Å². The first kappa shape index (κ1) is 16.5. The summed E-state index contributed by atoms with van der Waals surface area (Å²) in [5, 5.41) is 21.3. The molecule has 0 saturated heterocycles. The molecule has 0 bridgehead atoms. The third kappa shape index (κ3) is 4.21. The lowest BCUT2D eigenvalue weighted by Crippen LogP contribution is -2.53. The Balaban J connectivity index is 2.72. The lowest BCUT2D eigenvalue weighted by molar-refractivity contribution is 0.0653. The van der Waals surface area contributed by atoms with Gasteiger partial charge in [-0.3, -0.25) is 4.79 Å². The van der Waals surface area contributed by atoms with Gasteiger partial charge in [-0.15, -0.1) is 0 Å². The van der Waals surface area contributed by atoms with E-state index in [1.165, 1.54) is 0 Å². The number of rotatable bonds is 8. The van der Waals surface area contributed by atoms with Gasteiger partial charge in [-0.05, 0) is 37.1 Å². The zero-order valence-corrected chi connectivity index (χ0v) is 12.1. The molecule has 0 saturated carbocycles. The number of ether oxygens (including phenoxy) is 1. The lowest BCUT2D eigenvalue weighted by Gasteiger charge is -2.29. The van der Waals surface area contributed by atoms with Crippen molar-refractivity contribution in [2.75, 3.05) is 19.8 Å². The van der Waals surface area contributed by atoms with E-state index in [-0.39, 0.29) is 19.1 Å². The Hall–Kier alpha value is -1.59. The quantitative estimate of drug-likeness (QED) is 0.672. The molecule has 0 unspecified atom stereocenters. The molecule has 0 atom stereocenters. The zero-order valence-electron chi connectivity index (χ0n) is 12.1. The number of nitrogens with one attached hydrogen (secondary N) is 1. The van der Waals surface area contributed by atoms with Crippen LogP contribution in [0.1, 0.15) is 37.0 Å². The van der Waals surface area contributed by atoms with Crippen molar-refractivity contribution >= 4 is 5.91 Å². The van der Waals surface area contributed by atoms with Crippen LogP contribution in [-0.4, -0.2) is 41.5 Å². The van der Waals surface area contributed by atoms with E-state index in [9.17, 15) is 15.0 Å². The van der Waals surface area contributed by atoms with Gasteiger partial charge in [0, 0.05) is 5.56 Å². The Bertz CT molecular complexity index is 404. The highest BCUT2D eigenvalue weighted by Crippen LogP contribution is 2.14. The fraction of sp³-hybridized carbons (Fsp3) is 0.533. The molecular weight excluding hydrogens is 258 g/mol. The second kappa shape index (κ2) is 7.87. The topological polar surface area (TPSA) is 78.8 Å². The number of benzene rings is 1. The van der Waals surface area contributed by atoms with Crippen LogP contribution in [-0.2, 0) is 0 Å². The second-order valence-corrected chi connectivity index (χ2v) is 4.78. The van der Waals surface area contributed by atoms with Crippen molar-refractivity contribution in [3.05, 3.63) is 29.8 Å². The Morgan fingerprint density at radius 2 is 1.80 bits per heavy atom. The average molecular weight is 281 g/mol. The SMILES string of the molecule is CCCOc1ccc(C(=O)NC(CC)(CO)CO)cc1. The van der Waals surface area contributed by atoms with Crippen LogP contribution in [0.2, 0.25) is 0 Å². The molecule has 0 aliphatic carbocycles. The van der Waals surface area contributed by atoms with Crippen LogP contribution in [0.25, 0.3) is 0 Å². The molecule has 0 fully saturated rings. The maximum absolute atomic E-state index is 12.1. The highest BCUT2D eigenvalue weighted by Gasteiger charge is 2.28. The number of amides is 1. The van der Waals surface area contributed by atoms with E-state index in [2.05, 4.69) is 5.32 Å². The molecule has 0 aliphatic rings. The predicted octanol–water partition coefficient (Wildman–Crippen LogP) is 1.34. The first-order chi connectivity index (χ1) is 9.60. The minimum atomic E-state index is -0.978. The second-order valence-electron chi connectivity index (χ2n) is 4.78. The van der Waals surface area contributed by atoms with E-state index in [0.29, 0.717) is 18.6 Å². The van der Waals surface area contributed by atoms with E-state index < -0.39 is 5.54 Å². The van der Waals surface area contributed by atoms with Gasteiger partial charge in [0.1, 0.15) is 5.75 Å². The fourth-order valence-corrected chi connectivity index (χ4v) is 1.68. The number of hydrogen-bond acceptors (Lipinski definition) is 4. The van der Waals surface area contributed by atoms with Crippen LogP contribution < -0.4 is 10.1 Å². The molecule has 0 aromatic heterocycles. The van der Waals surface area contributed by atoms with Gasteiger partial charge in [0.05, 0.1) is 25.4 Å². The number of aliphatic hydroxyl groups excluding tert-OH is 2. The average Bonchev–Trinajstić information content (AvgIpc) is 2.51. The zero-order chi connectivity index (χ0) is 15.0. The molecule has 0 radical (unpaired) electrons. The van der Waals surface area contributed by atoms with Crippen molar-refractivity contribution in [2.45, 2.75) is 32.2 Å². The third-order valence-corrected chi connectivity index (χ3v) is 3.25. The largest absolute Gasteiger partial charge is 0.494 e. The molecule has 0 heterocycles. The summed E-state index contributed by atoms with van der Waals surface area (Å²) >= 11 is 0. The third-order valence-electron chi connectivity index (χ3n) is 3.25. The first-order valence-corrected chi connectivity index (χ1v) is 6.88. The molecule has 112 valence electrons. The first-order valence-electron chi connectivity index (χ1n) is 6.88. The summed E-state index contributed by atoms with van der Waals surface area (Å²) in [5.74, 6) is 0.395. The van der Waals surface area contributed by atoms with Crippen molar-refractivity contribution in [3.8, 4) is 5.75 Å². The Morgan fingerprint density at radius 3 is 2.25 bits per heavy atom. The van der Waals surface area contributed by atoms with E-state index >= 15 is 0 Å². The number of aliphatic hydroxyl groups is 2. The number of carbonyl (C=O) groups excluding carboxylic acids is 1. The summed E-state index contributed by atoms with van der Waals surface area (Å²) in [6.45, 7) is 3.86. The fourth-order valence-electron chi connectivity index (χ4n) is 1.68. The monoisotopic (exact) mass is 281 g/mol. The molecule has 5 heteroatoms. The van der Waals surface area contributed by atoms with Gasteiger partial charge >= 0.3 is 0 Å². The van der Waals surface area contributed by atoms with Gasteiger partial charge in [0.25, 0.3) is 5.91 Å². The standard InChI is InChI=1S/C15H23NO4/c1-3-9-20-13-7-5-12(6-8-13)14(19)16-15(4-2,10-17)11-18/h5-8,17-18H,3-4,9-11H2,1-2H3,(H,16,19). The Morgan fingerprint density at radius 1 is 1.20 bits per heavy atom. The van der Waals surface area contributed by atoms with Gasteiger partial charge in [-0.1, -0.05) is 13.8 Å². The van der Waals surface area contributed by atoms with E-state index in [0.717, 1.165) is 12.2 Å². The number of carbonyl (C=O) groups is 1. The lowest BCUT2D eigenvalue weighted by atomic mass is 9.98. The van der Waals surface area contributed by atoms with Crippen LogP contribution in [0.4, 0.5) is 0 Å². The van der Waals surface area contributed by atoms with Crippen molar-refractivity contribution < 1.29 is 19.7 Å². The van der Waals surface area contributed by atoms with E-state index in [1.807, 2.05) is 6.92 Å². The van der Waals surface area contributed by atoms with E-state index in [1.54, 1.807) is 31.2 Å².